The van der Waals surface area contributed by atoms with Gasteiger partial charge < -0.3 is 10.5 Å². The first-order valence-corrected chi connectivity index (χ1v) is 6.45. The predicted octanol–water partition coefficient (Wildman–Crippen LogP) is 3.77. The van der Waals surface area contributed by atoms with E-state index in [-0.39, 0.29) is 0 Å². The van der Waals surface area contributed by atoms with Crippen molar-refractivity contribution in [2.45, 2.75) is 0 Å². The van der Waals surface area contributed by atoms with Gasteiger partial charge in [-0.25, -0.2) is 4.98 Å². The Morgan fingerprint density at radius 1 is 1.11 bits per heavy atom. The van der Waals surface area contributed by atoms with Gasteiger partial charge in [0, 0.05) is 17.6 Å². The molecule has 0 bridgehead atoms. The highest BCUT2D eigenvalue weighted by Gasteiger charge is 2.05. The predicted molar refractivity (Wildman–Crippen MR) is 78.2 cm³/mol. The Hall–Kier alpha value is -2.14. The largest absolute Gasteiger partial charge is 0.438 e. The number of pyridine rings is 2. The van der Waals surface area contributed by atoms with Crippen molar-refractivity contribution in [2.24, 2.45) is 0 Å². The maximum absolute atomic E-state index is 5.72. The van der Waals surface area contributed by atoms with E-state index in [9.17, 15) is 0 Å². The van der Waals surface area contributed by atoms with E-state index in [0.29, 0.717) is 21.8 Å². The van der Waals surface area contributed by atoms with Crippen molar-refractivity contribution in [1.82, 2.24) is 9.97 Å². The minimum absolute atomic E-state index is 0.476. The topological polar surface area (TPSA) is 61.0 Å². The van der Waals surface area contributed by atoms with E-state index in [4.69, 9.17) is 10.5 Å². The van der Waals surface area contributed by atoms with Crippen molar-refractivity contribution in [3.63, 3.8) is 0 Å². The summed E-state index contributed by atoms with van der Waals surface area (Å²) in [6.45, 7) is 0. The first kappa shape index (κ1) is 11.9. The molecule has 0 unspecified atom stereocenters. The summed E-state index contributed by atoms with van der Waals surface area (Å²) in [7, 11) is 0. The fourth-order valence-electron chi connectivity index (χ4n) is 1.74. The van der Waals surface area contributed by atoms with Gasteiger partial charge in [-0.05, 0) is 40.2 Å². The molecule has 0 saturated carbocycles. The summed E-state index contributed by atoms with van der Waals surface area (Å²) >= 11 is 3.37. The van der Waals surface area contributed by atoms with E-state index in [1.165, 1.54) is 0 Å². The average Bonchev–Trinajstić information content (AvgIpc) is 2.42. The van der Waals surface area contributed by atoms with Crippen LogP contribution in [0.3, 0.4) is 0 Å². The molecule has 5 heteroatoms. The summed E-state index contributed by atoms with van der Waals surface area (Å²) < 4.78 is 6.44. The molecule has 0 atom stereocenters. The number of hydrogen-bond acceptors (Lipinski definition) is 4. The van der Waals surface area contributed by atoms with Crippen molar-refractivity contribution in [2.75, 3.05) is 5.73 Å². The molecule has 0 aliphatic carbocycles. The van der Waals surface area contributed by atoms with Crippen LogP contribution in [0.4, 0.5) is 5.69 Å². The Bertz CT molecular complexity index is 746. The SMILES string of the molecule is Nc1cnc(Oc2ccc3cccnc3c2)c(Br)c1. The Labute approximate surface area is 118 Å². The molecule has 0 fully saturated rings. The number of nitrogen functional groups attached to an aromatic ring is 1. The molecule has 3 rings (SSSR count). The van der Waals surface area contributed by atoms with Crippen LogP contribution in [-0.4, -0.2) is 9.97 Å². The third-order valence-electron chi connectivity index (χ3n) is 2.62. The molecule has 0 aliphatic rings. The number of fused-ring (bicyclic) bond motifs is 1. The molecule has 0 aliphatic heterocycles. The van der Waals surface area contributed by atoms with Gasteiger partial charge >= 0.3 is 0 Å². The van der Waals surface area contributed by atoms with Crippen LogP contribution < -0.4 is 10.5 Å². The van der Waals surface area contributed by atoms with E-state index in [1.807, 2.05) is 30.3 Å². The smallest absolute Gasteiger partial charge is 0.233 e. The van der Waals surface area contributed by atoms with Gasteiger partial charge in [-0.2, -0.15) is 0 Å². The average molecular weight is 316 g/mol. The van der Waals surface area contributed by atoms with Crippen LogP contribution in [0.15, 0.2) is 53.3 Å². The lowest BCUT2D eigenvalue weighted by Gasteiger charge is -2.07. The fraction of sp³-hybridized carbons (Fsp3) is 0. The second kappa shape index (κ2) is 4.85. The van der Waals surface area contributed by atoms with E-state index >= 15 is 0 Å². The van der Waals surface area contributed by atoms with Crippen LogP contribution in [0, 0.1) is 0 Å². The van der Waals surface area contributed by atoms with Gasteiger partial charge in [-0.3, -0.25) is 4.98 Å². The summed E-state index contributed by atoms with van der Waals surface area (Å²) in [5, 5.41) is 1.07. The van der Waals surface area contributed by atoms with Gasteiger partial charge in [0.05, 0.1) is 21.9 Å². The zero-order valence-corrected chi connectivity index (χ0v) is 11.5. The van der Waals surface area contributed by atoms with Crippen LogP contribution in [0.2, 0.25) is 0 Å². The Morgan fingerprint density at radius 3 is 2.84 bits per heavy atom. The number of halogens is 1. The minimum atomic E-state index is 0.476. The van der Waals surface area contributed by atoms with Crippen molar-refractivity contribution < 1.29 is 4.74 Å². The zero-order valence-electron chi connectivity index (χ0n) is 9.88. The highest BCUT2D eigenvalue weighted by molar-refractivity contribution is 9.10. The molecular formula is C14H10BrN3O. The zero-order chi connectivity index (χ0) is 13.2. The molecular weight excluding hydrogens is 306 g/mol. The third-order valence-corrected chi connectivity index (χ3v) is 3.19. The first-order valence-electron chi connectivity index (χ1n) is 5.66. The molecule has 0 spiro atoms. The van der Waals surface area contributed by atoms with Crippen molar-refractivity contribution >= 4 is 32.5 Å². The molecule has 1 aromatic carbocycles. The number of ether oxygens (including phenoxy) is 1. The summed E-state index contributed by atoms with van der Waals surface area (Å²) in [5.74, 6) is 1.16. The number of aromatic nitrogens is 2. The maximum atomic E-state index is 5.72. The van der Waals surface area contributed by atoms with Gasteiger partial charge in [0.15, 0.2) is 0 Å². The lowest BCUT2D eigenvalue weighted by molar-refractivity contribution is 0.460. The molecule has 0 saturated heterocycles. The fourth-order valence-corrected chi connectivity index (χ4v) is 2.18. The standard InChI is InChI=1S/C14H10BrN3O/c15-12-6-10(16)8-18-14(12)19-11-4-3-9-2-1-5-17-13(9)7-11/h1-8H,16H2. The first-order chi connectivity index (χ1) is 9.22. The van der Waals surface area contributed by atoms with Gasteiger partial charge in [0.25, 0.3) is 0 Å². The summed E-state index contributed by atoms with van der Waals surface area (Å²) in [5.41, 5.74) is 7.10. The normalized spacial score (nSPS) is 10.6. The molecule has 2 heterocycles. The lowest BCUT2D eigenvalue weighted by Crippen LogP contribution is -1.92. The van der Waals surface area contributed by atoms with Crippen LogP contribution in [0.1, 0.15) is 0 Å². The highest BCUT2D eigenvalue weighted by atomic mass is 79.9. The number of benzene rings is 1. The van der Waals surface area contributed by atoms with E-state index in [1.54, 1.807) is 18.5 Å². The minimum Gasteiger partial charge on any atom is -0.438 e. The van der Waals surface area contributed by atoms with Gasteiger partial charge in [0.2, 0.25) is 5.88 Å². The molecule has 4 nitrogen and oxygen atoms in total. The van der Waals surface area contributed by atoms with E-state index in [0.717, 1.165) is 10.9 Å². The monoisotopic (exact) mass is 315 g/mol. The molecule has 3 aromatic rings. The Morgan fingerprint density at radius 2 is 2.00 bits per heavy atom. The Balaban J connectivity index is 1.96. The molecule has 2 aromatic heterocycles. The van der Waals surface area contributed by atoms with Crippen LogP contribution >= 0.6 is 15.9 Å². The summed E-state index contributed by atoms with van der Waals surface area (Å²) in [4.78, 5) is 8.43. The molecule has 94 valence electrons. The van der Waals surface area contributed by atoms with Crippen molar-refractivity contribution in [3.05, 3.63) is 53.3 Å². The maximum Gasteiger partial charge on any atom is 0.233 e. The number of rotatable bonds is 2. The quantitative estimate of drug-likeness (QED) is 0.782. The number of hydrogen-bond donors (Lipinski definition) is 1. The second-order valence-electron chi connectivity index (χ2n) is 4.02. The van der Waals surface area contributed by atoms with Crippen LogP contribution in [0.25, 0.3) is 10.9 Å². The van der Waals surface area contributed by atoms with Gasteiger partial charge in [0.1, 0.15) is 5.75 Å². The molecule has 0 radical (unpaired) electrons. The summed E-state index contributed by atoms with van der Waals surface area (Å²) in [6.07, 6.45) is 3.31. The Kier molecular flexibility index (Phi) is 3.05. The molecule has 19 heavy (non-hydrogen) atoms. The number of anilines is 1. The van der Waals surface area contributed by atoms with Crippen molar-refractivity contribution in [1.29, 1.82) is 0 Å². The van der Waals surface area contributed by atoms with Crippen molar-refractivity contribution in [3.8, 4) is 11.6 Å². The molecule has 2 N–H and O–H groups in total. The van der Waals surface area contributed by atoms with E-state index < -0.39 is 0 Å². The van der Waals surface area contributed by atoms with E-state index in [2.05, 4.69) is 25.9 Å². The second-order valence-corrected chi connectivity index (χ2v) is 4.87. The highest BCUT2D eigenvalue weighted by Crippen LogP contribution is 2.29. The summed E-state index contributed by atoms with van der Waals surface area (Å²) in [6, 6.07) is 11.4. The lowest BCUT2D eigenvalue weighted by atomic mass is 10.2. The third kappa shape index (κ3) is 2.51. The number of nitrogens with zero attached hydrogens (tertiary/aromatic N) is 2. The molecule has 0 amide bonds. The van der Waals surface area contributed by atoms with Crippen LogP contribution in [0.5, 0.6) is 11.6 Å². The van der Waals surface area contributed by atoms with Crippen LogP contribution in [-0.2, 0) is 0 Å². The van der Waals surface area contributed by atoms with Gasteiger partial charge in [-0.1, -0.05) is 6.07 Å². The number of nitrogens with two attached hydrogens (primary N) is 1. The van der Waals surface area contributed by atoms with Gasteiger partial charge in [-0.15, -0.1) is 0 Å².